The average molecular weight is 304 g/mol. The van der Waals surface area contributed by atoms with Crippen molar-refractivity contribution in [3.8, 4) is 5.75 Å². The standard InChI is InChI=1S/C19H16N2O2/c22-18-14-8-7-13-17(18)20-19(23)21(15-9-3-1-4-10-15)16-11-5-2-6-12-16/h1-14,22H,(H,20,23). The van der Waals surface area contributed by atoms with Crippen molar-refractivity contribution < 1.29 is 9.90 Å². The number of amides is 2. The van der Waals surface area contributed by atoms with Crippen molar-refractivity contribution in [2.24, 2.45) is 0 Å². The first-order valence-electron chi connectivity index (χ1n) is 7.25. The molecule has 0 atom stereocenters. The predicted octanol–water partition coefficient (Wildman–Crippen LogP) is 4.76. The summed E-state index contributed by atoms with van der Waals surface area (Å²) < 4.78 is 0. The molecule has 0 spiro atoms. The number of hydrogen-bond donors (Lipinski definition) is 2. The smallest absolute Gasteiger partial charge is 0.331 e. The molecule has 3 aromatic carbocycles. The van der Waals surface area contributed by atoms with Gasteiger partial charge in [0.15, 0.2) is 0 Å². The molecule has 23 heavy (non-hydrogen) atoms. The highest BCUT2D eigenvalue weighted by Gasteiger charge is 2.18. The van der Waals surface area contributed by atoms with Gasteiger partial charge in [0.2, 0.25) is 0 Å². The van der Waals surface area contributed by atoms with Gasteiger partial charge in [0.05, 0.1) is 17.1 Å². The zero-order valence-corrected chi connectivity index (χ0v) is 12.4. The second-order valence-electron chi connectivity index (χ2n) is 4.95. The highest BCUT2D eigenvalue weighted by Crippen LogP contribution is 2.28. The Morgan fingerprint density at radius 2 is 1.22 bits per heavy atom. The molecular formula is C19H16N2O2. The van der Waals surface area contributed by atoms with Gasteiger partial charge in [0.25, 0.3) is 0 Å². The highest BCUT2D eigenvalue weighted by molar-refractivity contribution is 6.07. The first kappa shape index (κ1) is 14.7. The van der Waals surface area contributed by atoms with Gasteiger partial charge in [-0.25, -0.2) is 4.79 Å². The fourth-order valence-corrected chi connectivity index (χ4v) is 2.29. The normalized spacial score (nSPS) is 10.1. The molecule has 0 saturated heterocycles. The number of nitrogens with one attached hydrogen (secondary N) is 1. The van der Waals surface area contributed by atoms with Crippen molar-refractivity contribution in [1.29, 1.82) is 0 Å². The van der Waals surface area contributed by atoms with Crippen LogP contribution in [0.25, 0.3) is 0 Å². The van der Waals surface area contributed by atoms with Gasteiger partial charge in [-0.3, -0.25) is 4.90 Å². The summed E-state index contributed by atoms with van der Waals surface area (Å²) >= 11 is 0. The molecule has 0 saturated carbocycles. The van der Waals surface area contributed by atoms with E-state index >= 15 is 0 Å². The highest BCUT2D eigenvalue weighted by atomic mass is 16.3. The van der Waals surface area contributed by atoms with Crippen molar-refractivity contribution in [3.05, 3.63) is 84.9 Å². The fourth-order valence-electron chi connectivity index (χ4n) is 2.29. The summed E-state index contributed by atoms with van der Waals surface area (Å²) in [5.41, 5.74) is 1.85. The third-order valence-electron chi connectivity index (χ3n) is 3.38. The Kier molecular flexibility index (Phi) is 4.25. The molecule has 0 aromatic heterocycles. The van der Waals surface area contributed by atoms with Crippen LogP contribution in [0.5, 0.6) is 5.75 Å². The quantitative estimate of drug-likeness (QED) is 0.685. The van der Waals surface area contributed by atoms with E-state index in [1.54, 1.807) is 23.1 Å². The van der Waals surface area contributed by atoms with E-state index in [1.165, 1.54) is 6.07 Å². The van der Waals surface area contributed by atoms with Gasteiger partial charge in [0, 0.05) is 0 Å². The van der Waals surface area contributed by atoms with E-state index in [0.717, 1.165) is 11.4 Å². The lowest BCUT2D eigenvalue weighted by Gasteiger charge is -2.23. The number of hydrogen-bond acceptors (Lipinski definition) is 2. The summed E-state index contributed by atoms with van der Waals surface area (Å²) in [5, 5.41) is 12.6. The van der Waals surface area contributed by atoms with Crippen LogP contribution in [0.4, 0.5) is 21.9 Å². The van der Waals surface area contributed by atoms with E-state index in [2.05, 4.69) is 5.32 Å². The molecule has 0 bridgehead atoms. The molecule has 2 N–H and O–H groups in total. The van der Waals surface area contributed by atoms with Gasteiger partial charge >= 0.3 is 6.03 Å². The number of nitrogens with zero attached hydrogens (tertiary/aromatic N) is 1. The summed E-state index contributed by atoms with van der Waals surface area (Å²) in [6, 6.07) is 25.0. The lowest BCUT2D eigenvalue weighted by atomic mass is 10.2. The number of aromatic hydroxyl groups is 1. The second kappa shape index (κ2) is 6.66. The van der Waals surface area contributed by atoms with Crippen LogP contribution in [0, 0.1) is 0 Å². The van der Waals surface area contributed by atoms with Crippen LogP contribution in [0.2, 0.25) is 0 Å². The summed E-state index contributed by atoms with van der Waals surface area (Å²) in [6.07, 6.45) is 0. The van der Waals surface area contributed by atoms with Crippen LogP contribution >= 0.6 is 0 Å². The van der Waals surface area contributed by atoms with E-state index in [0.29, 0.717) is 5.69 Å². The topological polar surface area (TPSA) is 52.6 Å². The van der Waals surface area contributed by atoms with E-state index < -0.39 is 0 Å². The third kappa shape index (κ3) is 3.32. The summed E-state index contributed by atoms with van der Waals surface area (Å²) in [4.78, 5) is 14.3. The molecule has 0 unspecified atom stereocenters. The van der Waals surface area contributed by atoms with Crippen molar-refractivity contribution in [3.63, 3.8) is 0 Å². The largest absolute Gasteiger partial charge is 0.506 e. The Balaban J connectivity index is 1.96. The van der Waals surface area contributed by atoms with Crippen LogP contribution in [0.3, 0.4) is 0 Å². The minimum absolute atomic E-state index is 0.0296. The number of phenolic OH excluding ortho intramolecular Hbond substituents is 1. The number of urea groups is 1. The van der Waals surface area contributed by atoms with Crippen LogP contribution in [-0.4, -0.2) is 11.1 Å². The lowest BCUT2D eigenvalue weighted by Crippen LogP contribution is -2.30. The fraction of sp³-hybridized carbons (Fsp3) is 0. The number of anilines is 3. The Hall–Kier alpha value is -3.27. The monoisotopic (exact) mass is 304 g/mol. The Bertz CT molecular complexity index is 749. The second-order valence-corrected chi connectivity index (χ2v) is 4.95. The molecule has 0 radical (unpaired) electrons. The molecule has 4 nitrogen and oxygen atoms in total. The molecule has 3 rings (SSSR count). The maximum absolute atomic E-state index is 12.8. The van der Waals surface area contributed by atoms with Gasteiger partial charge in [-0.2, -0.15) is 0 Å². The average Bonchev–Trinajstić information content (AvgIpc) is 2.59. The molecular weight excluding hydrogens is 288 g/mol. The number of rotatable bonds is 3. The zero-order valence-electron chi connectivity index (χ0n) is 12.4. The minimum atomic E-state index is -0.344. The van der Waals surface area contributed by atoms with Gasteiger partial charge in [-0.05, 0) is 36.4 Å². The van der Waals surface area contributed by atoms with Crippen LogP contribution in [0.1, 0.15) is 0 Å². The van der Waals surface area contributed by atoms with Crippen molar-refractivity contribution in [2.45, 2.75) is 0 Å². The molecule has 0 aliphatic heterocycles. The van der Waals surface area contributed by atoms with Crippen LogP contribution in [0.15, 0.2) is 84.9 Å². The molecule has 3 aromatic rings. The Morgan fingerprint density at radius 1 is 0.739 bits per heavy atom. The van der Waals surface area contributed by atoms with Crippen molar-refractivity contribution >= 4 is 23.1 Å². The first-order valence-corrected chi connectivity index (χ1v) is 7.25. The van der Waals surface area contributed by atoms with Gasteiger partial charge in [0.1, 0.15) is 5.75 Å². The number of para-hydroxylation sites is 4. The van der Waals surface area contributed by atoms with E-state index in [1.807, 2.05) is 60.7 Å². The Morgan fingerprint density at radius 3 is 1.74 bits per heavy atom. The molecule has 114 valence electrons. The van der Waals surface area contributed by atoms with E-state index in [-0.39, 0.29) is 11.8 Å². The van der Waals surface area contributed by atoms with E-state index in [9.17, 15) is 9.90 Å². The molecule has 0 fully saturated rings. The summed E-state index contributed by atoms with van der Waals surface area (Å²) in [6.45, 7) is 0. The zero-order chi connectivity index (χ0) is 16.1. The lowest BCUT2D eigenvalue weighted by molar-refractivity contribution is 0.259. The number of benzene rings is 3. The molecule has 0 heterocycles. The van der Waals surface area contributed by atoms with Crippen LogP contribution < -0.4 is 10.2 Å². The first-order chi connectivity index (χ1) is 11.3. The van der Waals surface area contributed by atoms with Gasteiger partial charge < -0.3 is 10.4 Å². The SMILES string of the molecule is O=C(Nc1ccccc1O)N(c1ccccc1)c1ccccc1. The Labute approximate surface area is 134 Å². The van der Waals surface area contributed by atoms with E-state index in [4.69, 9.17) is 0 Å². The number of carbonyl (C=O) groups is 1. The van der Waals surface area contributed by atoms with Gasteiger partial charge in [-0.1, -0.05) is 48.5 Å². The summed E-state index contributed by atoms with van der Waals surface area (Å²) in [7, 11) is 0. The van der Waals surface area contributed by atoms with Gasteiger partial charge in [-0.15, -0.1) is 0 Å². The van der Waals surface area contributed by atoms with Crippen molar-refractivity contribution in [1.82, 2.24) is 0 Å². The predicted molar refractivity (Wildman–Crippen MR) is 92.1 cm³/mol. The maximum atomic E-state index is 12.8. The molecule has 0 aliphatic rings. The summed E-state index contributed by atoms with van der Waals surface area (Å²) in [5.74, 6) is 0.0296. The number of carbonyl (C=O) groups excluding carboxylic acids is 1. The molecule has 4 heteroatoms. The minimum Gasteiger partial charge on any atom is -0.506 e. The maximum Gasteiger partial charge on any atom is 0.331 e. The molecule has 0 aliphatic carbocycles. The third-order valence-corrected chi connectivity index (χ3v) is 3.38. The number of phenols is 1. The molecule has 2 amide bonds. The van der Waals surface area contributed by atoms with Crippen LogP contribution in [-0.2, 0) is 0 Å². The van der Waals surface area contributed by atoms with Crippen molar-refractivity contribution in [2.75, 3.05) is 10.2 Å².